The predicted octanol–water partition coefficient (Wildman–Crippen LogP) is 5.00. The standard InChI is InChI=1S/C23H18N2O/c1-17-8-7-11-19(16-17)22-24-21-13-6-5-12-20(21)23(26)25(22)15-14-18-9-3-2-4-10-18/h2-16H,1H3. The molecule has 1 heterocycles. The lowest BCUT2D eigenvalue weighted by molar-refractivity contribution is 1.04. The maximum Gasteiger partial charge on any atom is 0.265 e. The molecular weight excluding hydrogens is 320 g/mol. The highest BCUT2D eigenvalue weighted by molar-refractivity contribution is 5.81. The second-order valence-electron chi connectivity index (χ2n) is 6.22. The summed E-state index contributed by atoms with van der Waals surface area (Å²) in [6.07, 6.45) is 3.73. The maximum atomic E-state index is 13.1. The highest BCUT2D eigenvalue weighted by Crippen LogP contribution is 2.20. The van der Waals surface area contributed by atoms with Crippen molar-refractivity contribution < 1.29 is 0 Å². The normalized spacial score (nSPS) is 11.3. The van der Waals surface area contributed by atoms with E-state index in [4.69, 9.17) is 4.98 Å². The van der Waals surface area contributed by atoms with Gasteiger partial charge in [-0.15, -0.1) is 0 Å². The molecule has 1 aromatic heterocycles. The fraction of sp³-hybridized carbons (Fsp3) is 0.0435. The van der Waals surface area contributed by atoms with E-state index in [-0.39, 0.29) is 5.56 Å². The topological polar surface area (TPSA) is 34.9 Å². The molecule has 0 bridgehead atoms. The third-order valence-corrected chi connectivity index (χ3v) is 4.30. The van der Waals surface area contributed by atoms with Gasteiger partial charge in [0, 0.05) is 11.8 Å². The second-order valence-corrected chi connectivity index (χ2v) is 6.22. The summed E-state index contributed by atoms with van der Waals surface area (Å²) in [6.45, 7) is 2.03. The van der Waals surface area contributed by atoms with E-state index in [0.29, 0.717) is 16.7 Å². The SMILES string of the molecule is Cc1cccc(-c2nc3ccccc3c(=O)n2C=Cc2ccccc2)c1. The van der Waals surface area contributed by atoms with Crippen LogP contribution in [0.2, 0.25) is 0 Å². The molecule has 0 saturated carbocycles. The average Bonchev–Trinajstić information content (AvgIpc) is 2.68. The van der Waals surface area contributed by atoms with Crippen molar-refractivity contribution in [3.63, 3.8) is 0 Å². The van der Waals surface area contributed by atoms with Gasteiger partial charge in [-0.05, 0) is 36.8 Å². The van der Waals surface area contributed by atoms with Crippen LogP contribution in [0.15, 0.2) is 83.7 Å². The van der Waals surface area contributed by atoms with Gasteiger partial charge < -0.3 is 0 Å². The highest BCUT2D eigenvalue weighted by atomic mass is 16.1. The zero-order chi connectivity index (χ0) is 17.9. The molecule has 0 unspecified atom stereocenters. The van der Waals surface area contributed by atoms with Crippen molar-refractivity contribution in [2.45, 2.75) is 6.92 Å². The molecule has 0 atom stereocenters. The molecule has 0 aliphatic heterocycles. The monoisotopic (exact) mass is 338 g/mol. The molecular formula is C23H18N2O. The van der Waals surface area contributed by atoms with Crippen LogP contribution in [0.5, 0.6) is 0 Å². The minimum Gasteiger partial charge on any atom is -0.268 e. The quantitative estimate of drug-likeness (QED) is 0.527. The van der Waals surface area contributed by atoms with Gasteiger partial charge in [-0.2, -0.15) is 0 Å². The van der Waals surface area contributed by atoms with Crippen LogP contribution in [0.25, 0.3) is 34.6 Å². The average molecular weight is 338 g/mol. The lowest BCUT2D eigenvalue weighted by Crippen LogP contribution is -2.19. The Hall–Kier alpha value is -3.46. The Labute approximate surface area is 151 Å². The van der Waals surface area contributed by atoms with Gasteiger partial charge in [-0.3, -0.25) is 9.36 Å². The number of nitrogens with zero attached hydrogens (tertiary/aromatic N) is 2. The molecule has 0 aliphatic rings. The molecule has 4 rings (SSSR count). The van der Waals surface area contributed by atoms with Crippen LogP contribution in [0.4, 0.5) is 0 Å². The Morgan fingerprint density at radius 3 is 2.46 bits per heavy atom. The van der Waals surface area contributed by atoms with Gasteiger partial charge in [0.1, 0.15) is 5.82 Å². The Balaban J connectivity index is 1.97. The van der Waals surface area contributed by atoms with Crippen molar-refractivity contribution >= 4 is 23.2 Å². The van der Waals surface area contributed by atoms with Gasteiger partial charge in [0.15, 0.2) is 0 Å². The lowest BCUT2D eigenvalue weighted by Gasteiger charge is -2.11. The van der Waals surface area contributed by atoms with Crippen molar-refractivity contribution in [1.82, 2.24) is 9.55 Å². The van der Waals surface area contributed by atoms with E-state index in [9.17, 15) is 4.79 Å². The van der Waals surface area contributed by atoms with E-state index >= 15 is 0 Å². The van der Waals surface area contributed by atoms with E-state index in [1.807, 2.05) is 91.9 Å². The second kappa shape index (κ2) is 6.81. The number of hydrogen-bond donors (Lipinski definition) is 0. The van der Waals surface area contributed by atoms with E-state index in [2.05, 4.69) is 0 Å². The summed E-state index contributed by atoms with van der Waals surface area (Å²) in [5.74, 6) is 0.643. The number of hydrogen-bond acceptors (Lipinski definition) is 2. The number of fused-ring (bicyclic) bond motifs is 1. The molecule has 0 N–H and O–H groups in total. The first-order valence-corrected chi connectivity index (χ1v) is 8.54. The smallest absolute Gasteiger partial charge is 0.265 e. The first-order valence-electron chi connectivity index (χ1n) is 8.54. The van der Waals surface area contributed by atoms with Crippen molar-refractivity contribution in [3.05, 3.63) is 100 Å². The van der Waals surface area contributed by atoms with Crippen LogP contribution >= 0.6 is 0 Å². The first-order chi connectivity index (χ1) is 12.7. The van der Waals surface area contributed by atoms with Crippen molar-refractivity contribution in [1.29, 1.82) is 0 Å². The summed E-state index contributed by atoms with van der Waals surface area (Å²) >= 11 is 0. The van der Waals surface area contributed by atoms with Gasteiger partial charge in [-0.1, -0.05) is 66.2 Å². The zero-order valence-electron chi connectivity index (χ0n) is 14.5. The molecule has 3 nitrogen and oxygen atoms in total. The van der Waals surface area contributed by atoms with Crippen LogP contribution in [-0.2, 0) is 0 Å². The van der Waals surface area contributed by atoms with Gasteiger partial charge in [0.25, 0.3) is 5.56 Å². The lowest BCUT2D eigenvalue weighted by atomic mass is 10.1. The van der Waals surface area contributed by atoms with E-state index < -0.39 is 0 Å². The zero-order valence-corrected chi connectivity index (χ0v) is 14.5. The Kier molecular flexibility index (Phi) is 4.20. The van der Waals surface area contributed by atoms with Crippen LogP contribution < -0.4 is 5.56 Å². The number of benzene rings is 3. The van der Waals surface area contributed by atoms with Crippen molar-refractivity contribution in [3.8, 4) is 11.4 Å². The summed E-state index contributed by atoms with van der Waals surface area (Å²) in [5.41, 5.74) is 3.72. The van der Waals surface area contributed by atoms with Crippen molar-refractivity contribution in [2.75, 3.05) is 0 Å². The third-order valence-electron chi connectivity index (χ3n) is 4.30. The summed E-state index contributed by atoms with van der Waals surface area (Å²) in [5, 5.41) is 0.613. The molecule has 0 aliphatic carbocycles. The number of para-hydroxylation sites is 1. The Morgan fingerprint density at radius 1 is 0.885 bits per heavy atom. The Morgan fingerprint density at radius 2 is 1.65 bits per heavy atom. The van der Waals surface area contributed by atoms with E-state index in [0.717, 1.165) is 16.7 Å². The molecule has 4 aromatic rings. The number of aryl methyl sites for hydroxylation is 1. The minimum atomic E-state index is -0.0701. The van der Waals surface area contributed by atoms with Gasteiger partial charge in [0.2, 0.25) is 0 Å². The maximum absolute atomic E-state index is 13.1. The van der Waals surface area contributed by atoms with Crippen LogP contribution in [0.1, 0.15) is 11.1 Å². The molecule has 0 radical (unpaired) electrons. The van der Waals surface area contributed by atoms with Gasteiger partial charge in [-0.25, -0.2) is 4.98 Å². The number of aromatic nitrogens is 2. The molecule has 0 saturated heterocycles. The van der Waals surface area contributed by atoms with Crippen LogP contribution in [0, 0.1) is 6.92 Å². The molecule has 0 fully saturated rings. The molecule has 0 amide bonds. The molecule has 126 valence electrons. The summed E-state index contributed by atoms with van der Waals surface area (Å²) in [7, 11) is 0. The highest BCUT2D eigenvalue weighted by Gasteiger charge is 2.11. The number of rotatable bonds is 3. The molecule has 26 heavy (non-hydrogen) atoms. The van der Waals surface area contributed by atoms with Gasteiger partial charge in [0.05, 0.1) is 10.9 Å². The van der Waals surface area contributed by atoms with Crippen LogP contribution in [-0.4, -0.2) is 9.55 Å². The van der Waals surface area contributed by atoms with E-state index in [1.165, 1.54) is 0 Å². The summed E-state index contributed by atoms with van der Waals surface area (Å²) in [4.78, 5) is 17.9. The van der Waals surface area contributed by atoms with E-state index in [1.54, 1.807) is 10.8 Å². The summed E-state index contributed by atoms with van der Waals surface area (Å²) < 4.78 is 1.63. The molecule has 3 heteroatoms. The fourth-order valence-corrected chi connectivity index (χ4v) is 3.00. The molecule has 3 aromatic carbocycles. The van der Waals surface area contributed by atoms with Crippen molar-refractivity contribution in [2.24, 2.45) is 0 Å². The third kappa shape index (κ3) is 3.07. The Bertz CT molecular complexity index is 1160. The predicted molar refractivity (Wildman–Crippen MR) is 108 cm³/mol. The minimum absolute atomic E-state index is 0.0701. The molecule has 0 spiro atoms. The van der Waals surface area contributed by atoms with Gasteiger partial charge >= 0.3 is 0 Å². The fourth-order valence-electron chi connectivity index (χ4n) is 3.00. The first kappa shape index (κ1) is 16.0. The van der Waals surface area contributed by atoms with Crippen LogP contribution in [0.3, 0.4) is 0 Å². The summed E-state index contributed by atoms with van der Waals surface area (Å²) in [6, 6.07) is 25.4. The largest absolute Gasteiger partial charge is 0.268 e.